The van der Waals surface area contributed by atoms with Crippen LogP contribution in [0, 0.1) is 5.82 Å². The van der Waals surface area contributed by atoms with E-state index in [1.807, 2.05) is 34.7 Å². The second-order valence-electron chi connectivity index (χ2n) is 9.93. The molecule has 1 fully saturated rings. The van der Waals surface area contributed by atoms with Gasteiger partial charge in [-0.3, -0.25) is 9.88 Å². The maximum atomic E-state index is 13.7. The van der Waals surface area contributed by atoms with Crippen LogP contribution in [0.15, 0.2) is 60.8 Å². The predicted molar refractivity (Wildman–Crippen MR) is 154 cm³/mol. The van der Waals surface area contributed by atoms with Crippen molar-refractivity contribution in [3.8, 4) is 5.75 Å². The Kier molecular flexibility index (Phi) is 9.16. The van der Waals surface area contributed by atoms with Crippen molar-refractivity contribution < 1.29 is 24.4 Å². The topological polar surface area (TPSA) is 89.3 Å². The molecule has 2 aromatic carbocycles. The number of rotatable bonds is 9. The normalized spacial score (nSPS) is 18.3. The number of piperazine rings is 1. The Labute approximate surface area is 241 Å². The molecule has 0 amide bonds. The number of hydrogen-bond acceptors (Lipinski definition) is 7. The number of ether oxygens (including phenoxy) is 1. The van der Waals surface area contributed by atoms with E-state index < -0.39 is 9.21 Å². The Morgan fingerprint density at radius 3 is 2.45 bits per heavy atom. The smallest absolute Gasteiger partial charge is 0.155 e. The van der Waals surface area contributed by atoms with Crippen LogP contribution in [-0.2, 0) is 9.21 Å². The van der Waals surface area contributed by atoms with Crippen molar-refractivity contribution in [2.24, 2.45) is 0 Å². The fourth-order valence-electron chi connectivity index (χ4n) is 4.59. The number of pyridine rings is 1. The van der Waals surface area contributed by atoms with E-state index in [1.165, 1.54) is 12.1 Å². The van der Waals surface area contributed by atoms with Gasteiger partial charge in [0, 0.05) is 44.0 Å². The van der Waals surface area contributed by atoms with E-state index in [2.05, 4.69) is 14.8 Å². The van der Waals surface area contributed by atoms with Gasteiger partial charge >= 0.3 is 0 Å². The van der Waals surface area contributed by atoms with Crippen LogP contribution in [0.5, 0.6) is 5.75 Å². The number of aliphatic hydroxyl groups excluding tert-OH is 1. The third-order valence-corrected chi connectivity index (χ3v) is 7.84. The van der Waals surface area contributed by atoms with Gasteiger partial charge in [0.1, 0.15) is 23.8 Å². The summed E-state index contributed by atoms with van der Waals surface area (Å²) < 4.78 is 18.0. The van der Waals surface area contributed by atoms with Crippen LogP contribution in [-0.4, -0.2) is 64.6 Å². The van der Waals surface area contributed by atoms with Crippen LogP contribution in [0.2, 0.25) is 5.02 Å². The molecule has 0 radical (unpaired) electrons. The van der Waals surface area contributed by atoms with Crippen LogP contribution in [0.25, 0.3) is 0 Å². The Balaban J connectivity index is 1.57. The quantitative estimate of drug-likeness (QED) is 0.229. The summed E-state index contributed by atoms with van der Waals surface area (Å²) >= 11 is 8.70. The average Bonchev–Trinajstić information content (AvgIpc) is 2.87. The van der Waals surface area contributed by atoms with Gasteiger partial charge in [-0.05, 0) is 72.3 Å². The second kappa shape index (κ2) is 12.0. The molecule has 4 rings (SSSR count). The molecule has 0 spiro atoms. The minimum Gasteiger partial charge on any atom is -0.491 e. The fourth-order valence-corrected chi connectivity index (χ4v) is 5.67. The lowest BCUT2D eigenvalue weighted by Gasteiger charge is -2.45. The molecule has 7 nitrogen and oxygen atoms in total. The number of halogens is 3. The van der Waals surface area contributed by atoms with Crippen molar-refractivity contribution in [1.82, 2.24) is 9.88 Å². The maximum Gasteiger partial charge on any atom is 0.155 e. The third-order valence-electron chi connectivity index (χ3n) is 6.57. The molecule has 1 aromatic heterocycles. The molecule has 0 saturated carbocycles. The summed E-state index contributed by atoms with van der Waals surface area (Å²) in [5.41, 5.74) is 1.87. The summed E-state index contributed by atoms with van der Waals surface area (Å²) in [5.74, 6) is 0.268. The first-order valence-electron chi connectivity index (χ1n) is 12.4. The maximum absolute atomic E-state index is 13.7. The minimum absolute atomic E-state index is 0.0865. The molecular formula is C28H32ClFIN3O4. The molecular weight excluding hydrogens is 624 g/mol. The highest BCUT2D eigenvalue weighted by Crippen LogP contribution is 2.39. The van der Waals surface area contributed by atoms with Gasteiger partial charge in [-0.2, -0.15) is 0 Å². The predicted octanol–water partition coefficient (Wildman–Crippen LogP) is 4.62. The van der Waals surface area contributed by atoms with Crippen molar-refractivity contribution in [2.45, 2.75) is 29.1 Å². The monoisotopic (exact) mass is 655 g/mol. The molecule has 38 heavy (non-hydrogen) atoms. The Bertz CT molecular complexity index is 1220. The number of β-amino-alcohol motifs (C(OH)–C–C–N with tert-alkyl or cyclic N) is 1. The molecule has 1 saturated heterocycles. The molecule has 2 heterocycles. The number of benzene rings is 2. The Hall–Kier alpha value is -2.02. The van der Waals surface area contributed by atoms with Crippen LogP contribution in [0.4, 0.5) is 10.1 Å². The highest BCUT2D eigenvalue weighted by molar-refractivity contribution is 14.1. The van der Waals surface area contributed by atoms with Gasteiger partial charge in [-0.1, -0.05) is 29.8 Å². The van der Waals surface area contributed by atoms with Gasteiger partial charge in [-0.25, -0.2) is 4.39 Å². The molecule has 3 aromatic rings. The van der Waals surface area contributed by atoms with E-state index in [0.29, 0.717) is 48.2 Å². The Morgan fingerprint density at radius 2 is 1.84 bits per heavy atom. The van der Waals surface area contributed by atoms with E-state index in [9.17, 15) is 14.6 Å². The fraction of sp³-hybridized carbons (Fsp3) is 0.393. The van der Waals surface area contributed by atoms with Crippen molar-refractivity contribution in [1.29, 1.82) is 0 Å². The largest absolute Gasteiger partial charge is 0.491 e. The highest BCUT2D eigenvalue weighted by atomic mass is 127. The van der Waals surface area contributed by atoms with Crippen molar-refractivity contribution in [2.75, 3.05) is 44.3 Å². The zero-order chi connectivity index (χ0) is 27.5. The highest BCUT2D eigenvalue weighted by Gasteiger charge is 2.35. The summed E-state index contributed by atoms with van der Waals surface area (Å²) in [4.78, 5) is 8.71. The van der Waals surface area contributed by atoms with E-state index in [4.69, 9.17) is 21.4 Å². The van der Waals surface area contributed by atoms with Gasteiger partial charge in [0.05, 0.1) is 29.1 Å². The van der Waals surface area contributed by atoms with Crippen molar-refractivity contribution in [3.63, 3.8) is 0 Å². The van der Waals surface area contributed by atoms with E-state index >= 15 is 0 Å². The molecule has 0 bridgehead atoms. The van der Waals surface area contributed by atoms with Gasteiger partial charge in [-0.15, -0.1) is 0 Å². The lowest BCUT2D eigenvalue weighted by molar-refractivity contribution is 0.0724. The summed E-state index contributed by atoms with van der Waals surface area (Å²) in [6.45, 7) is 5.65. The zero-order valence-electron chi connectivity index (χ0n) is 21.3. The summed E-state index contributed by atoms with van der Waals surface area (Å²) in [7, 11) is 0. The van der Waals surface area contributed by atoms with Crippen molar-refractivity contribution >= 4 is 39.9 Å². The number of alkyl halides is 1. The van der Waals surface area contributed by atoms with Crippen molar-refractivity contribution in [3.05, 3.63) is 88.5 Å². The van der Waals surface area contributed by atoms with Crippen LogP contribution in [0.1, 0.15) is 36.7 Å². The number of nitrogens with zero attached hydrogens (tertiary/aromatic N) is 3. The molecule has 204 valence electrons. The molecule has 0 aliphatic carbocycles. The van der Waals surface area contributed by atoms with Gasteiger partial charge in [0.15, 0.2) is 3.61 Å². The lowest BCUT2D eigenvalue weighted by atomic mass is 10.00. The first-order valence-corrected chi connectivity index (χ1v) is 13.8. The summed E-state index contributed by atoms with van der Waals surface area (Å²) in [6.07, 6.45) is 1.60. The van der Waals surface area contributed by atoms with E-state index in [-0.39, 0.29) is 25.1 Å². The average molecular weight is 656 g/mol. The van der Waals surface area contributed by atoms with Gasteiger partial charge in [0.2, 0.25) is 0 Å². The number of aliphatic hydroxyl groups is 3. The molecule has 0 unspecified atom stereocenters. The second-order valence-corrected chi connectivity index (χ2v) is 12.1. The summed E-state index contributed by atoms with van der Waals surface area (Å²) in [6, 6.07) is 15.3. The zero-order valence-corrected chi connectivity index (χ0v) is 24.2. The summed E-state index contributed by atoms with van der Waals surface area (Å²) in [5, 5.41) is 31.1. The SMILES string of the molecule is CC(C)(O)c1ccc([C@@](O)(I)CN2CCN(c3ccc(OCCO)cc3Cl)[C@H](c3ccc(F)cc3)C2)cn1. The standard InChI is InChI=1S/C28H32ClFIN3O4/c1-27(2,36)26-10-5-20(16-32-26)28(31,37)18-33-11-12-34(25(17-33)19-3-6-21(30)7-4-19)24-9-8-22(15-23(24)29)38-14-13-35/h3-10,15-16,25,35-37H,11-14,17-18H2,1-2H3/t25-,28+/m0/s1. The third kappa shape index (κ3) is 6.94. The minimum atomic E-state index is -1.21. The molecule has 3 N–H and O–H groups in total. The van der Waals surface area contributed by atoms with Gasteiger partial charge < -0.3 is 25.0 Å². The van der Waals surface area contributed by atoms with Crippen LogP contribution in [0.3, 0.4) is 0 Å². The van der Waals surface area contributed by atoms with Crippen LogP contribution >= 0.6 is 34.2 Å². The molecule has 10 heteroatoms. The first-order chi connectivity index (χ1) is 18.0. The van der Waals surface area contributed by atoms with E-state index in [1.54, 1.807) is 50.4 Å². The Morgan fingerprint density at radius 1 is 1.11 bits per heavy atom. The lowest BCUT2D eigenvalue weighted by Crippen LogP contribution is -2.51. The number of anilines is 1. The molecule has 2 atom stereocenters. The number of hydrogen-bond donors (Lipinski definition) is 3. The molecule has 1 aliphatic rings. The first kappa shape index (κ1) is 29.0. The van der Waals surface area contributed by atoms with Gasteiger partial charge in [0.25, 0.3) is 0 Å². The van der Waals surface area contributed by atoms with E-state index in [0.717, 1.165) is 11.3 Å². The molecule has 1 aliphatic heterocycles. The number of aromatic nitrogens is 1. The van der Waals surface area contributed by atoms with Crippen LogP contribution < -0.4 is 9.64 Å².